The first-order valence-corrected chi connectivity index (χ1v) is 11.2. The predicted octanol–water partition coefficient (Wildman–Crippen LogP) is 3.70. The quantitative estimate of drug-likeness (QED) is 0.350. The van der Waals surface area contributed by atoms with Crippen LogP contribution < -0.4 is 0 Å². The molecular weight excluding hydrogens is 425 g/mol. The van der Waals surface area contributed by atoms with E-state index in [1.807, 2.05) is 0 Å². The molecule has 0 aromatic heterocycles. The van der Waals surface area contributed by atoms with E-state index < -0.39 is 32.2 Å². The van der Waals surface area contributed by atoms with Crippen LogP contribution >= 0.6 is 34.8 Å². The highest BCUT2D eigenvalue weighted by Crippen LogP contribution is 2.41. The number of halogens is 3. The predicted molar refractivity (Wildman–Crippen MR) is 101 cm³/mol. The van der Waals surface area contributed by atoms with E-state index in [1.165, 1.54) is 6.92 Å². The standard InChI is InChI=1S/C16H26Cl3NO5S/c1-10(2)12-6-5-11(3)7-13(12)25-14(21)15(4)8-20(15)26(22,23)24-9-16(17,18)19/h10-13H,5-9H2,1-4H3/t11-,12+,13-,15?,20?/m1/s1. The second-order valence-electron chi connectivity index (χ2n) is 7.89. The van der Waals surface area contributed by atoms with Crippen molar-refractivity contribution in [3.63, 3.8) is 0 Å². The minimum Gasteiger partial charge on any atom is -0.461 e. The molecule has 2 fully saturated rings. The molecule has 10 heteroatoms. The molecule has 5 atom stereocenters. The smallest absolute Gasteiger partial charge is 0.339 e. The Hall–Kier alpha value is 0.210. The van der Waals surface area contributed by atoms with E-state index in [2.05, 4.69) is 20.8 Å². The molecule has 2 rings (SSSR count). The maximum atomic E-state index is 12.7. The maximum absolute atomic E-state index is 12.7. The number of hydrogen-bond donors (Lipinski definition) is 0. The Bertz CT molecular complexity index is 636. The van der Waals surface area contributed by atoms with Crippen LogP contribution in [0.25, 0.3) is 0 Å². The van der Waals surface area contributed by atoms with Gasteiger partial charge in [0.15, 0.2) is 0 Å². The van der Waals surface area contributed by atoms with Gasteiger partial charge in [0.25, 0.3) is 0 Å². The van der Waals surface area contributed by atoms with Crippen LogP contribution in [0.3, 0.4) is 0 Å². The number of rotatable bonds is 6. The van der Waals surface area contributed by atoms with E-state index in [-0.39, 0.29) is 18.6 Å². The summed E-state index contributed by atoms with van der Waals surface area (Å²) in [7, 11) is -4.18. The van der Waals surface area contributed by atoms with Gasteiger partial charge in [-0.2, -0.15) is 12.7 Å². The van der Waals surface area contributed by atoms with Crippen LogP contribution in [0.4, 0.5) is 0 Å². The van der Waals surface area contributed by atoms with Crippen molar-refractivity contribution in [1.82, 2.24) is 4.31 Å². The number of hydrogen-bond acceptors (Lipinski definition) is 5. The summed E-state index contributed by atoms with van der Waals surface area (Å²) in [5, 5.41) is 0. The van der Waals surface area contributed by atoms with E-state index in [9.17, 15) is 13.2 Å². The van der Waals surface area contributed by atoms with Crippen LogP contribution in [0.1, 0.15) is 47.0 Å². The molecule has 1 saturated heterocycles. The van der Waals surface area contributed by atoms with Crippen molar-refractivity contribution in [1.29, 1.82) is 0 Å². The number of carbonyl (C=O) groups is 1. The topological polar surface area (TPSA) is 72.7 Å². The lowest BCUT2D eigenvalue weighted by Gasteiger charge is -2.37. The first-order chi connectivity index (χ1) is 11.8. The number of esters is 1. The third kappa shape index (κ3) is 5.39. The third-order valence-corrected chi connectivity index (χ3v) is 7.01. The summed E-state index contributed by atoms with van der Waals surface area (Å²) in [6.07, 6.45) is 2.71. The summed E-state index contributed by atoms with van der Waals surface area (Å²) < 4.78 is 33.9. The first kappa shape index (κ1) is 22.5. The summed E-state index contributed by atoms with van der Waals surface area (Å²) >= 11 is 16.6. The minimum absolute atomic E-state index is 0.0113. The van der Waals surface area contributed by atoms with Gasteiger partial charge in [0.1, 0.15) is 18.2 Å². The second-order valence-corrected chi connectivity index (χ2v) is 11.9. The molecule has 26 heavy (non-hydrogen) atoms. The van der Waals surface area contributed by atoms with Crippen molar-refractivity contribution in [2.75, 3.05) is 13.2 Å². The zero-order valence-corrected chi connectivity index (χ0v) is 18.5. The van der Waals surface area contributed by atoms with E-state index in [0.717, 1.165) is 23.6 Å². The summed E-state index contributed by atoms with van der Waals surface area (Å²) in [6.45, 7) is 7.24. The van der Waals surface area contributed by atoms with Gasteiger partial charge in [-0.05, 0) is 37.5 Å². The lowest BCUT2D eigenvalue weighted by Crippen LogP contribution is -2.40. The third-order valence-electron chi connectivity index (χ3n) is 5.20. The van der Waals surface area contributed by atoms with Gasteiger partial charge in [-0.1, -0.05) is 62.0 Å². The van der Waals surface area contributed by atoms with Crippen molar-refractivity contribution < 1.29 is 22.1 Å². The fourth-order valence-electron chi connectivity index (χ4n) is 3.46. The Morgan fingerprint density at radius 1 is 1.31 bits per heavy atom. The van der Waals surface area contributed by atoms with Crippen LogP contribution in [0, 0.1) is 17.8 Å². The molecule has 0 radical (unpaired) electrons. The van der Waals surface area contributed by atoms with Crippen molar-refractivity contribution in [3.8, 4) is 0 Å². The Morgan fingerprint density at radius 3 is 2.46 bits per heavy atom. The average molecular weight is 451 g/mol. The summed E-state index contributed by atoms with van der Waals surface area (Å²) in [5.74, 6) is 0.591. The molecule has 1 aliphatic carbocycles. The van der Waals surface area contributed by atoms with Crippen molar-refractivity contribution in [2.45, 2.75) is 62.4 Å². The lowest BCUT2D eigenvalue weighted by atomic mass is 9.75. The Kier molecular flexibility index (Phi) is 6.85. The highest BCUT2D eigenvalue weighted by molar-refractivity contribution is 7.84. The lowest BCUT2D eigenvalue weighted by molar-refractivity contribution is -0.159. The number of carbonyl (C=O) groups excluding carboxylic acids is 1. The van der Waals surface area contributed by atoms with Gasteiger partial charge in [-0.25, -0.2) is 4.79 Å². The van der Waals surface area contributed by atoms with Gasteiger partial charge in [0.05, 0.1) is 0 Å². The van der Waals surface area contributed by atoms with Crippen molar-refractivity contribution in [3.05, 3.63) is 0 Å². The molecule has 0 amide bonds. The molecule has 1 aliphatic heterocycles. The van der Waals surface area contributed by atoms with E-state index in [4.69, 9.17) is 43.7 Å². The van der Waals surface area contributed by atoms with Crippen molar-refractivity contribution in [2.24, 2.45) is 17.8 Å². The molecule has 2 unspecified atom stereocenters. The van der Waals surface area contributed by atoms with Crippen LogP contribution in [-0.2, 0) is 24.0 Å². The highest BCUT2D eigenvalue weighted by Gasteiger charge is 2.63. The minimum atomic E-state index is -4.18. The van der Waals surface area contributed by atoms with Gasteiger partial charge in [0, 0.05) is 6.54 Å². The molecule has 0 spiro atoms. The Labute approximate surface area is 170 Å². The molecule has 0 aromatic rings. The Balaban J connectivity index is 2.01. The average Bonchev–Trinajstić information content (AvgIpc) is 3.19. The molecular formula is C16H26Cl3NO5S. The number of ether oxygens (including phenoxy) is 1. The molecule has 0 aromatic carbocycles. The molecule has 1 saturated carbocycles. The van der Waals surface area contributed by atoms with E-state index >= 15 is 0 Å². The monoisotopic (exact) mass is 449 g/mol. The summed E-state index contributed by atoms with van der Waals surface area (Å²) in [5.41, 5.74) is -1.27. The van der Waals surface area contributed by atoms with Gasteiger partial charge in [-0.15, -0.1) is 0 Å². The molecule has 2 aliphatic rings. The summed E-state index contributed by atoms with van der Waals surface area (Å²) in [4.78, 5) is 12.7. The largest absolute Gasteiger partial charge is 0.461 e. The molecule has 0 N–H and O–H groups in total. The van der Waals surface area contributed by atoms with Crippen LogP contribution in [0.15, 0.2) is 0 Å². The number of alkyl halides is 3. The first-order valence-electron chi connectivity index (χ1n) is 8.71. The highest BCUT2D eigenvalue weighted by atomic mass is 35.6. The molecule has 1 heterocycles. The van der Waals surface area contributed by atoms with E-state index in [1.54, 1.807) is 0 Å². The Morgan fingerprint density at radius 2 is 1.92 bits per heavy atom. The van der Waals surface area contributed by atoms with E-state index in [0.29, 0.717) is 11.8 Å². The van der Waals surface area contributed by atoms with Crippen molar-refractivity contribution >= 4 is 51.1 Å². The number of nitrogens with zero attached hydrogens (tertiary/aromatic N) is 1. The van der Waals surface area contributed by atoms with Gasteiger partial charge in [0.2, 0.25) is 3.79 Å². The fraction of sp³-hybridized carbons (Fsp3) is 0.938. The molecule has 6 nitrogen and oxygen atoms in total. The molecule has 0 bridgehead atoms. The maximum Gasteiger partial charge on any atom is 0.339 e. The van der Waals surface area contributed by atoms with Crippen LogP contribution in [-0.4, -0.2) is 47.3 Å². The normalized spacial score (nSPS) is 35.4. The van der Waals surface area contributed by atoms with Gasteiger partial charge in [-0.3, -0.25) is 4.18 Å². The van der Waals surface area contributed by atoms with Gasteiger partial charge < -0.3 is 4.74 Å². The fourth-order valence-corrected chi connectivity index (χ4v) is 5.24. The van der Waals surface area contributed by atoms with Gasteiger partial charge >= 0.3 is 16.3 Å². The van der Waals surface area contributed by atoms with Crippen LogP contribution in [0.5, 0.6) is 0 Å². The van der Waals surface area contributed by atoms with Crippen LogP contribution in [0.2, 0.25) is 0 Å². The summed E-state index contributed by atoms with van der Waals surface area (Å²) in [6, 6.07) is 0. The SMILES string of the molecule is CC(C)[C@@H]1CC[C@@H](C)C[C@H]1OC(=O)C1(C)CN1S(=O)(=O)OCC(Cl)(Cl)Cl. The zero-order valence-electron chi connectivity index (χ0n) is 15.4. The molecule has 152 valence electrons. The zero-order chi connectivity index (χ0) is 19.9. The second kappa shape index (κ2) is 7.91.